The summed E-state index contributed by atoms with van der Waals surface area (Å²) in [7, 11) is 0. The van der Waals surface area contributed by atoms with Crippen LogP contribution in [-0.4, -0.2) is 28.7 Å². The summed E-state index contributed by atoms with van der Waals surface area (Å²) in [6.07, 6.45) is 0. The number of aromatic carboxylic acids is 1. The number of hydrogen-bond donors (Lipinski definition) is 1. The first-order valence-electron chi connectivity index (χ1n) is 15.5. The highest BCUT2D eigenvalue weighted by atomic mass is 35.5. The fraction of sp³-hybridized carbons (Fsp3) is 0.100. The third-order valence-electron chi connectivity index (χ3n) is 10.2. The van der Waals surface area contributed by atoms with Crippen LogP contribution in [0.1, 0.15) is 32.6 Å². The molecule has 1 heterocycles. The van der Waals surface area contributed by atoms with Gasteiger partial charge in [0, 0.05) is 10.0 Å². The van der Waals surface area contributed by atoms with Gasteiger partial charge in [-0.2, -0.15) is 0 Å². The predicted octanol–water partition coefficient (Wildman–Crippen LogP) is 8.53. The number of carbonyl (C=O) groups excluding carboxylic acids is 3. The molecular formula is C40H24Cl3NO5. The first-order valence-corrected chi connectivity index (χ1v) is 16.6. The lowest BCUT2D eigenvalue weighted by atomic mass is 9.59. The van der Waals surface area contributed by atoms with Crippen LogP contribution in [0.4, 0.5) is 5.69 Å². The molecule has 6 nitrogen and oxygen atoms in total. The zero-order valence-corrected chi connectivity index (χ0v) is 27.7. The van der Waals surface area contributed by atoms with Crippen molar-refractivity contribution in [1.82, 2.24) is 0 Å². The molecular weight excluding hydrogens is 681 g/mol. The third-order valence-corrected chi connectivity index (χ3v) is 11.0. The maximum Gasteiger partial charge on any atom is 0.337 e. The summed E-state index contributed by atoms with van der Waals surface area (Å²) in [5, 5.41) is 10.7. The summed E-state index contributed by atoms with van der Waals surface area (Å²) in [6, 6.07) is 36.6. The Labute approximate surface area is 296 Å². The molecule has 0 aromatic heterocycles. The highest BCUT2D eigenvalue weighted by Crippen LogP contribution is 2.74. The van der Waals surface area contributed by atoms with Crippen LogP contribution in [0.5, 0.6) is 0 Å². The van der Waals surface area contributed by atoms with Gasteiger partial charge in [0.1, 0.15) is 0 Å². The predicted molar refractivity (Wildman–Crippen MR) is 189 cm³/mol. The number of rotatable bonds is 6. The molecule has 9 heteroatoms. The van der Waals surface area contributed by atoms with E-state index in [0.29, 0.717) is 32.3 Å². The van der Waals surface area contributed by atoms with Crippen LogP contribution in [0.2, 0.25) is 15.1 Å². The number of carboxylic acid groups (broad SMARTS) is 1. The van der Waals surface area contributed by atoms with Crippen molar-refractivity contribution in [3.8, 4) is 0 Å². The van der Waals surface area contributed by atoms with E-state index < -0.39 is 40.4 Å². The van der Waals surface area contributed by atoms with Crippen LogP contribution in [0, 0.1) is 11.8 Å². The Morgan fingerprint density at radius 3 is 1.43 bits per heavy atom. The average molecular weight is 705 g/mol. The van der Waals surface area contributed by atoms with Crippen LogP contribution >= 0.6 is 34.8 Å². The molecule has 2 aliphatic carbocycles. The molecule has 3 aliphatic rings. The number of anilines is 1. The van der Waals surface area contributed by atoms with Gasteiger partial charge in [-0.1, -0.05) is 120 Å². The standard InChI is InChI=1S/C40H24Cl3NO5/c41-26-15-11-24(12-16-26)39-31(22-7-3-1-4-8-22)32(23-9-5-2-6-10-23)40(38(39)49,25-13-17-27(42)18-14-25)34-33(39)35(45)44(36(34)46)28-19-20-30(43)29(21-28)37(47)48/h1-21,33-34H,(H,47,48)/t33-,34-,39-,40-/m0/s1. The molecule has 1 saturated heterocycles. The van der Waals surface area contributed by atoms with E-state index in [0.717, 1.165) is 16.0 Å². The number of nitrogens with zero attached hydrogens (tertiary/aromatic N) is 1. The van der Waals surface area contributed by atoms with Gasteiger partial charge in [0.25, 0.3) is 0 Å². The molecule has 5 aromatic carbocycles. The second-order valence-electron chi connectivity index (χ2n) is 12.4. The van der Waals surface area contributed by atoms with E-state index in [1.807, 2.05) is 60.7 Å². The Kier molecular flexibility index (Phi) is 7.20. The van der Waals surface area contributed by atoms with Gasteiger partial charge in [-0.15, -0.1) is 0 Å². The summed E-state index contributed by atoms with van der Waals surface area (Å²) in [6.45, 7) is 0. The Balaban J connectivity index is 1.53. The molecule has 0 radical (unpaired) electrons. The van der Waals surface area contributed by atoms with Crippen LogP contribution in [0.15, 0.2) is 127 Å². The molecule has 2 bridgehead atoms. The monoisotopic (exact) mass is 703 g/mol. The lowest BCUT2D eigenvalue weighted by Crippen LogP contribution is -2.45. The minimum atomic E-state index is -1.65. The molecule has 49 heavy (non-hydrogen) atoms. The van der Waals surface area contributed by atoms with Gasteiger partial charge in [-0.25, -0.2) is 9.69 Å². The number of imide groups is 1. The van der Waals surface area contributed by atoms with E-state index in [4.69, 9.17) is 34.8 Å². The number of halogens is 3. The first-order chi connectivity index (χ1) is 23.6. The number of carboxylic acids is 1. The van der Waals surface area contributed by atoms with Gasteiger partial charge in [-0.3, -0.25) is 14.4 Å². The van der Waals surface area contributed by atoms with E-state index in [1.165, 1.54) is 18.2 Å². The van der Waals surface area contributed by atoms with Crippen molar-refractivity contribution in [2.24, 2.45) is 11.8 Å². The second kappa shape index (κ2) is 11.3. The van der Waals surface area contributed by atoms with Gasteiger partial charge in [0.15, 0.2) is 5.78 Å². The highest BCUT2D eigenvalue weighted by Gasteiger charge is 2.82. The number of amides is 2. The topological polar surface area (TPSA) is 91.8 Å². The summed E-state index contributed by atoms with van der Waals surface area (Å²) in [5.41, 5.74) is 0.208. The molecule has 1 N–H and O–H groups in total. The number of hydrogen-bond acceptors (Lipinski definition) is 4. The molecule has 5 aromatic rings. The molecule has 2 fully saturated rings. The fourth-order valence-corrected chi connectivity index (χ4v) is 8.88. The second-order valence-corrected chi connectivity index (χ2v) is 13.7. The Bertz CT molecular complexity index is 2130. The smallest absolute Gasteiger partial charge is 0.337 e. The van der Waals surface area contributed by atoms with Gasteiger partial charge in [0.2, 0.25) is 11.8 Å². The summed E-state index contributed by atoms with van der Waals surface area (Å²) >= 11 is 19.0. The van der Waals surface area contributed by atoms with Crippen molar-refractivity contribution in [1.29, 1.82) is 0 Å². The van der Waals surface area contributed by atoms with Gasteiger partial charge in [0.05, 0.1) is 38.9 Å². The third kappa shape index (κ3) is 4.15. The van der Waals surface area contributed by atoms with Gasteiger partial charge < -0.3 is 5.11 Å². The van der Waals surface area contributed by atoms with E-state index in [2.05, 4.69) is 0 Å². The molecule has 8 rings (SSSR count). The fourth-order valence-electron chi connectivity index (χ4n) is 8.43. The van der Waals surface area contributed by atoms with Crippen molar-refractivity contribution >= 4 is 75.2 Å². The number of benzene rings is 5. The maximum absolute atomic E-state index is 16.0. The quantitative estimate of drug-likeness (QED) is 0.179. The Morgan fingerprint density at radius 2 is 1.02 bits per heavy atom. The van der Waals surface area contributed by atoms with Crippen molar-refractivity contribution < 1.29 is 24.3 Å². The van der Waals surface area contributed by atoms with E-state index in [1.54, 1.807) is 48.5 Å². The minimum absolute atomic E-state index is 0.0413. The highest BCUT2D eigenvalue weighted by molar-refractivity contribution is 6.39. The molecule has 1 aliphatic heterocycles. The number of ketones is 1. The lowest BCUT2D eigenvalue weighted by Gasteiger charge is -2.39. The minimum Gasteiger partial charge on any atom is -0.478 e. The molecule has 1 saturated carbocycles. The van der Waals surface area contributed by atoms with Gasteiger partial charge >= 0.3 is 5.97 Å². The zero-order valence-electron chi connectivity index (χ0n) is 25.4. The number of fused-ring (bicyclic) bond motifs is 5. The van der Waals surface area contributed by atoms with Crippen molar-refractivity contribution in [2.45, 2.75) is 10.8 Å². The lowest BCUT2D eigenvalue weighted by molar-refractivity contribution is -0.130. The van der Waals surface area contributed by atoms with Crippen molar-refractivity contribution in [3.05, 3.63) is 170 Å². The summed E-state index contributed by atoms with van der Waals surface area (Å²) < 4.78 is 0. The van der Waals surface area contributed by atoms with E-state index >= 15 is 14.4 Å². The number of Topliss-reactive ketones (excluding diaryl/α,β-unsaturated/α-hetero) is 1. The molecule has 2 amide bonds. The van der Waals surface area contributed by atoms with Crippen molar-refractivity contribution in [3.63, 3.8) is 0 Å². The largest absolute Gasteiger partial charge is 0.478 e. The average Bonchev–Trinajstić information content (AvgIpc) is 3.62. The van der Waals surface area contributed by atoms with Crippen LogP contribution < -0.4 is 4.90 Å². The van der Waals surface area contributed by atoms with Crippen molar-refractivity contribution in [2.75, 3.05) is 4.90 Å². The summed E-state index contributed by atoms with van der Waals surface area (Å²) in [4.78, 5) is 59.3. The SMILES string of the molecule is O=C(O)c1cc(N2C(=O)[C@@H]3[C@@H](C2=O)[C@@]2(c4ccc(Cl)cc4)C(=O)[C@@]3(c3ccc(Cl)cc3)C(c3ccccc3)=C2c2ccccc2)ccc1Cl. The first kappa shape index (κ1) is 31.3. The van der Waals surface area contributed by atoms with Gasteiger partial charge in [-0.05, 0) is 75.9 Å². The molecule has 0 spiro atoms. The van der Waals surface area contributed by atoms with E-state index in [-0.39, 0.29) is 22.1 Å². The maximum atomic E-state index is 16.0. The zero-order chi connectivity index (χ0) is 34.2. The number of carbonyl (C=O) groups is 4. The van der Waals surface area contributed by atoms with Crippen LogP contribution in [0.25, 0.3) is 11.1 Å². The normalized spacial score (nSPS) is 24.1. The van der Waals surface area contributed by atoms with E-state index in [9.17, 15) is 9.90 Å². The molecule has 0 unspecified atom stereocenters. The summed E-state index contributed by atoms with van der Waals surface area (Å²) in [5.74, 6) is -5.24. The molecule has 4 atom stereocenters. The molecule has 240 valence electrons. The van der Waals surface area contributed by atoms with Crippen LogP contribution in [-0.2, 0) is 25.2 Å². The Morgan fingerprint density at radius 1 is 0.592 bits per heavy atom. The Hall–Kier alpha value is -5.01. The van der Waals surface area contributed by atoms with Crippen LogP contribution in [0.3, 0.4) is 0 Å². The number of allylic oxidation sites excluding steroid dienone is 2.